The molecule has 0 heterocycles. The number of carbonyl (C=O) groups excluding carboxylic acids is 1. The monoisotopic (exact) mass is 380 g/mol. The van der Waals surface area contributed by atoms with Crippen LogP contribution in [0.5, 0.6) is 0 Å². The summed E-state index contributed by atoms with van der Waals surface area (Å²) >= 11 is 0. The molecule has 1 amide bonds. The van der Waals surface area contributed by atoms with Crippen LogP contribution in [0.25, 0.3) is 0 Å². The quantitative estimate of drug-likeness (QED) is 0.675. The van der Waals surface area contributed by atoms with E-state index in [2.05, 4.69) is 5.32 Å². The number of hydrogen-bond donors (Lipinski definition) is 1. The van der Waals surface area contributed by atoms with Crippen molar-refractivity contribution in [1.82, 2.24) is 5.32 Å². The SMILES string of the molecule is CS(=O)(=O)N(CC(=O)NCCOCc1ccccc1)c1ccc(F)cc1. The predicted molar refractivity (Wildman–Crippen MR) is 97.7 cm³/mol. The highest BCUT2D eigenvalue weighted by molar-refractivity contribution is 7.92. The van der Waals surface area contributed by atoms with Crippen molar-refractivity contribution in [2.24, 2.45) is 0 Å². The smallest absolute Gasteiger partial charge is 0.240 e. The van der Waals surface area contributed by atoms with Gasteiger partial charge in [0.2, 0.25) is 15.9 Å². The van der Waals surface area contributed by atoms with Gasteiger partial charge in [0, 0.05) is 6.54 Å². The number of benzene rings is 2. The van der Waals surface area contributed by atoms with Crippen molar-refractivity contribution in [3.8, 4) is 0 Å². The van der Waals surface area contributed by atoms with Crippen LogP contribution in [0.4, 0.5) is 10.1 Å². The van der Waals surface area contributed by atoms with Gasteiger partial charge in [-0.05, 0) is 29.8 Å². The zero-order chi connectivity index (χ0) is 19.0. The van der Waals surface area contributed by atoms with Gasteiger partial charge in [-0.1, -0.05) is 30.3 Å². The fourth-order valence-corrected chi connectivity index (χ4v) is 3.08. The maximum atomic E-state index is 13.0. The van der Waals surface area contributed by atoms with Gasteiger partial charge in [-0.15, -0.1) is 0 Å². The average molecular weight is 380 g/mol. The van der Waals surface area contributed by atoms with E-state index in [0.717, 1.165) is 28.3 Å². The van der Waals surface area contributed by atoms with Crippen molar-refractivity contribution in [1.29, 1.82) is 0 Å². The summed E-state index contributed by atoms with van der Waals surface area (Å²) in [5.41, 5.74) is 1.25. The van der Waals surface area contributed by atoms with Crippen LogP contribution in [0.3, 0.4) is 0 Å². The Morgan fingerprint density at radius 3 is 2.38 bits per heavy atom. The van der Waals surface area contributed by atoms with E-state index in [1.54, 1.807) is 0 Å². The van der Waals surface area contributed by atoms with Crippen molar-refractivity contribution in [2.75, 3.05) is 30.3 Å². The highest BCUT2D eigenvalue weighted by Crippen LogP contribution is 2.17. The molecule has 1 N–H and O–H groups in total. The Hall–Kier alpha value is -2.45. The Kier molecular flexibility index (Phi) is 7.11. The number of carbonyl (C=O) groups is 1. The second kappa shape index (κ2) is 9.30. The molecule has 0 fully saturated rings. The summed E-state index contributed by atoms with van der Waals surface area (Å²) in [5, 5.41) is 2.61. The van der Waals surface area contributed by atoms with E-state index in [1.807, 2.05) is 30.3 Å². The number of ether oxygens (including phenoxy) is 1. The van der Waals surface area contributed by atoms with Crippen molar-refractivity contribution in [3.05, 3.63) is 66.0 Å². The van der Waals surface area contributed by atoms with Crippen LogP contribution in [0.2, 0.25) is 0 Å². The minimum absolute atomic E-state index is 0.226. The summed E-state index contributed by atoms with van der Waals surface area (Å²) in [6, 6.07) is 14.5. The second-order valence-corrected chi connectivity index (χ2v) is 7.54. The summed E-state index contributed by atoms with van der Waals surface area (Å²) in [7, 11) is -3.68. The van der Waals surface area contributed by atoms with Crippen LogP contribution in [0.1, 0.15) is 5.56 Å². The molecule has 0 aliphatic carbocycles. The molecule has 6 nitrogen and oxygen atoms in total. The van der Waals surface area contributed by atoms with E-state index in [0.29, 0.717) is 13.2 Å². The molecule has 2 rings (SSSR count). The highest BCUT2D eigenvalue weighted by atomic mass is 32.2. The molecule has 0 saturated carbocycles. The number of anilines is 1. The number of nitrogens with zero attached hydrogens (tertiary/aromatic N) is 1. The van der Waals surface area contributed by atoms with Gasteiger partial charge < -0.3 is 10.1 Å². The first-order chi connectivity index (χ1) is 12.4. The number of nitrogens with one attached hydrogen (secondary N) is 1. The van der Waals surface area contributed by atoms with E-state index in [-0.39, 0.29) is 18.8 Å². The van der Waals surface area contributed by atoms with Gasteiger partial charge in [0.05, 0.1) is 25.2 Å². The summed E-state index contributed by atoms with van der Waals surface area (Å²) in [6.07, 6.45) is 0.993. The number of rotatable bonds is 9. The lowest BCUT2D eigenvalue weighted by Gasteiger charge is -2.21. The molecular weight excluding hydrogens is 359 g/mol. The molecule has 0 bridgehead atoms. The Morgan fingerprint density at radius 2 is 1.77 bits per heavy atom. The van der Waals surface area contributed by atoms with Crippen LogP contribution in [0.15, 0.2) is 54.6 Å². The fourth-order valence-electron chi connectivity index (χ4n) is 2.22. The lowest BCUT2D eigenvalue weighted by molar-refractivity contribution is -0.119. The molecule has 0 radical (unpaired) electrons. The van der Waals surface area contributed by atoms with Crippen molar-refractivity contribution >= 4 is 21.6 Å². The molecule has 0 aromatic heterocycles. The van der Waals surface area contributed by atoms with Crippen LogP contribution < -0.4 is 9.62 Å². The zero-order valence-corrected chi connectivity index (χ0v) is 15.2. The van der Waals surface area contributed by atoms with E-state index in [1.165, 1.54) is 12.1 Å². The van der Waals surface area contributed by atoms with Gasteiger partial charge in [-0.2, -0.15) is 0 Å². The Labute approximate surface area is 152 Å². The minimum Gasteiger partial charge on any atom is -0.375 e. The molecule has 140 valence electrons. The topological polar surface area (TPSA) is 75.7 Å². The number of hydrogen-bond acceptors (Lipinski definition) is 4. The van der Waals surface area contributed by atoms with Gasteiger partial charge in [-0.25, -0.2) is 12.8 Å². The zero-order valence-electron chi connectivity index (χ0n) is 14.4. The molecule has 2 aromatic carbocycles. The molecule has 0 atom stereocenters. The Balaban J connectivity index is 1.81. The van der Waals surface area contributed by atoms with Crippen LogP contribution in [-0.4, -0.2) is 40.3 Å². The molecule has 2 aromatic rings. The van der Waals surface area contributed by atoms with Crippen LogP contribution >= 0.6 is 0 Å². The first-order valence-electron chi connectivity index (χ1n) is 7.98. The molecule has 0 unspecified atom stereocenters. The third-order valence-electron chi connectivity index (χ3n) is 3.48. The maximum Gasteiger partial charge on any atom is 0.240 e. The summed E-state index contributed by atoms with van der Waals surface area (Å²) in [5.74, 6) is -0.953. The summed E-state index contributed by atoms with van der Waals surface area (Å²) in [4.78, 5) is 12.0. The van der Waals surface area contributed by atoms with Crippen molar-refractivity contribution < 1.29 is 22.3 Å². The molecular formula is C18H21FN2O4S. The maximum absolute atomic E-state index is 13.0. The van der Waals surface area contributed by atoms with E-state index < -0.39 is 21.7 Å². The van der Waals surface area contributed by atoms with E-state index in [9.17, 15) is 17.6 Å². The van der Waals surface area contributed by atoms with E-state index >= 15 is 0 Å². The van der Waals surface area contributed by atoms with Crippen LogP contribution in [0, 0.1) is 5.82 Å². The summed E-state index contributed by atoms with van der Waals surface area (Å²) < 4.78 is 43.2. The normalized spacial score (nSPS) is 11.2. The molecule has 0 aliphatic rings. The molecule has 26 heavy (non-hydrogen) atoms. The third kappa shape index (κ3) is 6.45. The van der Waals surface area contributed by atoms with Gasteiger partial charge >= 0.3 is 0 Å². The second-order valence-electron chi connectivity index (χ2n) is 5.63. The average Bonchev–Trinajstić information content (AvgIpc) is 2.60. The number of amides is 1. The first-order valence-corrected chi connectivity index (χ1v) is 9.83. The third-order valence-corrected chi connectivity index (χ3v) is 4.62. The highest BCUT2D eigenvalue weighted by Gasteiger charge is 2.20. The standard InChI is InChI=1S/C18H21FN2O4S/c1-26(23,24)21(17-9-7-16(19)8-10-17)13-18(22)20-11-12-25-14-15-5-3-2-4-6-15/h2-10H,11-14H2,1H3,(H,20,22). The largest absolute Gasteiger partial charge is 0.375 e. The first kappa shape index (κ1) is 19.9. The van der Waals surface area contributed by atoms with Gasteiger partial charge in [-0.3, -0.25) is 9.10 Å². The summed E-state index contributed by atoms with van der Waals surface area (Å²) in [6.45, 7) is 0.605. The molecule has 8 heteroatoms. The van der Waals surface area contributed by atoms with Gasteiger partial charge in [0.15, 0.2) is 0 Å². The molecule has 0 aliphatic heterocycles. The van der Waals surface area contributed by atoms with Crippen molar-refractivity contribution in [3.63, 3.8) is 0 Å². The molecule has 0 spiro atoms. The van der Waals surface area contributed by atoms with Gasteiger partial charge in [0.1, 0.15) is 12.4 Å². The minimum atomic E-state index is -3.68. The predicted octanol–water partition coefficient (Wildman–Crippen LogP) is 1.92. The van der Waals surface area contributed by atoms with Crippen molar-refractivity contribution in [2.45, 2.75) is 6.61 Å². The molecule has 0 saturated heterocycles. The lowest BCUT2D eigenvalue weighted by atomic mass is 10.2. The Bertz CT molecular complexity index is 811. The Morgan fingerprint density at radius 1 is 1.12 bits per heavy atom. The fraction of sp³-hybridized carbons (Fsp3) is 0.278. The van der Waals surface area contributed by atoms with Gasteiger partial charge in [0.25, 0.3) is 0 Å². The lowest BCUT2D eigenvalue weighted by Crippen LogP contribution is -2.41. The van der Waals surface area contributed by atoms with Crippen LogP contribution in [-0.2, 0) is 26.2 Å². The number of halogens is 1. The number of sulfonamides is 1. The van der Waals surface area contributed by atoms with E-state index in [4.69, 9.17) is 4.74 Å².